The van der Waals surface area contributed by atoms with Crippen LogP contribution in [-0.2, 0) is 9.84 Å². The number of hydrogen-bond acceptors (Lipinski definition) is 4. The minimum absolute atomic E-state index is 0.130. The molecule has 0 amide bonds. The van der Waals surface area contributed by atoms with Crippen LogP contribution in [0.2, 0.25) is 0 Å². The van der Waals surface area contributed by atoms with Crippen molar-refractivity contribution in [1.29, 1.82) is 0 Å². The summed E-state index contributed by atoms with van der Waals surface area (Å²) in [7, 11) is -2.92. The summed E-state index contributed by atoms with van der Waals surface area (Å²) in [6.07, 6.45) is 1.99. The van der Waals surface area contributed by atoms with Gasteiger partial charge in [-0.05, 0) is 6.07 Å². The molecule has 1 rings (SSSR count). The van der Waals surface area contributed by atoms with E-state index in [1.54, 1.807) is 12.1 Å². The molecule has 0 unspecified atom stereocenters. The number of sulfone groups is 1. The van der Waals surface area contributed by atoms with Crippen molar-refractivity contribution in [3.63, 3.8) is 0 Å². The van der Waals surface area contributed by atoms with Crippen molar-refractivity contribution < 1.29 is 13.2 Å². The summed E-state index contributed by atoms with van der Waals surface area (Å²) in [4.78, 5) is 11.5. The van der Waals surface area contributed by atoms with Crippen LogP contribution in [0.25, 0.3) is 0 Å². The maximum absolute atomic E-state index is 10.9. The minimum Gasteiger partial charge on any atom is -0.298 e. The first kappa shape index (κ1) is 12.3. The molecule has 1 aromatic rings. The van der Waals surface area contributed by atoms with Gasteiger partial charge in [0.05, 0.1) is 5.75 Å². The molecule has 0 saturated carbocycles. The van der Waals surface area contributed by atoms with Gasteiger partial charge in [-0.2, -0.15) is 0 Å². The summed E-state index contributed by atoms with van der Waals surface area (Å²) >= 11 is 1.39. The Morgan fingerprint density at radius 2 is 2.00 bits per heavy atom. The van der Waals surface area contributed by atoms with E-state index in [0.717, 1.165) is 11.2 Å². The minimum atomic E-state index is -2.92. The number of aldehydes is 1. The Morgan fingerprint density at radius 1 is 1.33 bits per heavy atom. The van der Waals surface area contributed by atoms with Crippen LogP contribution in [0.5, 0.6) is 0 Å². The molecule has 0 aliphatic carbocycles. The Balaban J connectivity index is 2.61. The third kappa shape index (κ3) is 4.48. The first-order valence-electron chi connectivity index (χ1n) is 4.37. The Kier molecular flexibility index (Phi) is 4.35. The van der Waals surface area contributed by atoms with Gasteiger partial charge < -0.3 is 0 Å². The Labute approximate surface area is 93.8 Å². The van der Waals surface area contributed by atoms with Crippen LogP contribution in [-0.4, -0.2) is 32.5 Å². The van der Waals surface area contributed by atoms with E-state index in [2.05, 4.69) is 0 Å². The summed E-state index contributed by atoms with van der Waals surface area (Å²) in [6.45, 7) is 0. The van der Waals surface area contributed by atoms with Crippen molar-refractivity contribution in [3.8, 4) is 0 Å². The molecule has 0 bridgehead atoms. The molecule has 0 fully saturated rings. The standard InChI is InChI=1S/C10H12O3S2/c1-15(12,13)7-6-14-10-5-3-2-4-9(10)8-11/h2-5,8H,6-7H2,1H3. The van der Waals surface area contributed by atoms with Gasteiger partial charge in [0.15, 0.2) is 6.29 Å². The van der Waals surface area contributed by atoms with Gasteiger partial charge in [-0.15, -0.1) is 11.8 Å². The quantitative estimate of drug-likeness (QED) is 0.583. The maximum atomic E-state index is 10.9. The van der Waals surface area contributed by atoms with Crippen LogP contribution in [0, 0.1) is 0 Å². The average molecular weight is 244 g/mol. The summed E-state index contributed by atoms with van der Waals surface area (Å²) in [5, 5.41) is 0. The van der Waals surface area contributed by atoms with Crippen molar-refractivity contribution in [2.24, 2.45) is 0 Å². The Bertz CT molecular complexity index is 438. The molecule has 3 nitrogen and oxygen atoms in total. The van der Waals surface area contributed by atoms with Crippen LogP contribution in [0.4, 0.5) is 0 Å². The summed E-state index contributed by atoms with van der Waals surface area (Å²) < 4.78 is 21.8. The highest BCUT2D eigenvalue weighted by molar-refractivity contribution is 8.00. The third-order valence-electron chi connectivity index (χ3n) is 1.76. The van der Waals surface area contributed by atoms with Gasteiger partial charge in [-0.1, -0.05) is 18.2 Å². The predicted octanol–water partition coefficient (Wildman–Crippen LogP) is 1.64. The van der Waals surface area contributed by atoms with E-state index in [0.29, 0.717) is 11.3 Å². The molecule has 1 aromatic carbocycles. The first-order valence-corrected chi connectivity index (χ1v) is 7.42. The summed E-state index contributed by atoms with van der Waals surface area (Å²) in [5.41, 5.74) is 0.607. The smallest absolute Gasteiger partial charge is 0.151 e. The molecule has 0 radical (unpaired) electrons. The van der Waals surface area contributed by atoms with E-state index in [-0.39, 0.29) is 5.75 Å². The number of carbonyl (C=O) groups excluding carboxylic acids is 1. The number of carbonyl (C=O) groups is 1. The molecule has 0 N–H and O–H groups in total. The molecular weight excluding hydrogens is 232 g/mol. The largest absolute Gasteiger partial charge is 0.298 e. The molecule has 0 aliphatic heterocycles. The van der Waals surface area contributed by atoms with Gasteiger partial charge in [0, 0.05) is 22.5 Å². The monoisotopic (exact) mass is 244 g/mol. The second kappa shape index (κ2) is 5.32. The first-order chi connectivity index (χ1) is 7.03. The van der Waals surface area contributed by atoms with Gasteiger partial charge in [0.2, 0.25) is 0 Å². The zero-order valence-electron chi connectivity index (χ0n) is 8.34. The Hall–Kier alpha value is -0.810. The van der Waals surface area contributed by atoms with Crippen LogP contribution in [0.3, 0.4) is 0 Å². The van der Waals surface area contributed by atoms with Crippen LogP contribution in [0.15, 0.2) is 29.2 Å². The SMILES string of the molecule is CS(=O)(=O)CCSc1ccccc1C=O. The fourth-order valence-electron chi connectivity index (χ4n) is 1.01. The molecule has 0 saturated heterocycles. The maximum Gasteiger partial charge on any atom is 0.151 e. The molecule has 82 valence electrons. The number of hydrogen-bond donors (Lipinski definition) is 0. The molecule has 0 aliphatic rings. The van der Waals surface area contributed by atoms with Crippen molar-refractivity contribution in [1.82, 2.24) is 0 Å². The van der Waals surface area contributed by atoms with Crippen molar-refractivity contribution >= 4 is 27.9 Å². The van der Waals surface area contributed by atoms with E-state index >= 15 is 0 Å². The van der Waals surface area contributed by atoms with Crippen LogP contribution in [0.1, 0.15) is 10.4 Å². The normalized spacial score (nSPS) is 11.3. The van der Waals surface area contributed by atoms with Gasteiger partial charge in [-0.25, -0.2) is 8.42 Å². The summed E-state index contributed by atoms with van der Waals surface area (Å²) in [6, 6.07) is 7.15. The van der Waals surface area contributed by atoms with E-state index in [1.165, 1.54) is 18.0 Å². The van der Waals surface area contributed by atoms with Crippen LogP contribution >= 0.6 is 11.8 Å². The second-order valence-corrected chi connectivity index (χ2v) is 6.53. The highest BCUT2D eigenvalue weighted by atomic mass is 32.2. The molecule has 5 heteroatoms. The second-order valence-electron chi connectivity index (χ2n) is 3.13. The lowest BCUT2D eigenvalue weighted by molar-refractivity contribution is 0.112. The molecule has 0 heterocycles. The highest BCUT2D eigenvalue weighted by Crippen LogP contribution is 2.21. The zero-order chi connectivity index (χ0) is 11.3. The topological polar surface area (TPSA) is 51.2 Å². The van der Waals surface area contributed by atoms with E-state index < -0.39 is 9.84 Å². The van der Waals surface area contributed by atoms with Crippen molar-refractivity contribution in [3.05, 3.63) is 29.8 Å². The van der Waals surface area contributed by atoms with Gasteiger partial charge in [-0.3, -0.25) is 4.79 Å². The molecule has 0 atom stereocenters. The van der Waals surface area contributed by atoms with Gasteiger partial charge >= 0.3 is 0 Å². The molecular formula is C10H12O3S2. The van der Waals surface area contributed by atoms with Crippen LogP contribution < -0.4 is 0 Å². The van der Waals surface area contributed by atoms with Gasteiger partial charge in [0.1, 0.15) is 9.84 Å². The number of rotatable bonds is 5. The number of benzene rings is 1. The lowest BCUT2D eigenvalue weighted by Crippen LogP contribution is -2.05. The predicted molar refractivity (Wildman–Crippen MR) is 62.3 cm³/mol. The lowest BCUT2D eigenvalue weighted by atomic mass is 10.2. The number of thioether (sulfide) groups is 1. The molecule has 15 heavy (non-hydrogen) atoms. The highest BCUT2D eigenvalue weighted by Gasteiger charge is 2.04. The fourth-order valence-corrected chi connectivity index (χ4v) is 3.23. The third-order valence-corrected chi connectivity index (χ3v) is 4.05. The summed E-state index contributed by atoms with van der Waals surface area (Å²) in [5.74, 6) is 0.606. The van der Waals surface area contributed by atoms with Crippen molar-refractivity contribution in [2.45, 2.75) is 4.90 Å². The van der Waals surface area contributed by atoms with Crippen molar-refractivity contribution in [2.75, 3.05) is 17.8 Å². The molecule has 0 aromatic heterocycles. The molecule has 0 spiro atoms. The van der Waals surface area contributed by atoms with E-state index in [4.69, 9.17) is 0 Å². The lowest BCUT2D eigenvalue weighted by Gasteiger charge is -2.02. The average Bonchev–Trinajstić information content (AvgIpc) is 2.16. The Morgan fingerprint density at radius 3 is 2.60 bits per heavy atom. The van der Waals surface area contributed by atoms with Gasteiger partial charge in [0.25, 0.3) is 0 Å². The zero-order valence-corrected chi connectivity index (χ0v) is 9.98. The van der Waals surface area contributed by atoms with E-state index in [1.807, 2.05) is 12.1 Å². The fraction of sp³-hybridized carbons (Fsp3) is 0.300. The van der Waals surface area contributed by atoms with E-state index in [9.17, 15) is 13.2 Å².